The molecule has 1 saturated heterocycles. The van der Waals surface area contributed by atoms with Crippen LogP contribution in [-0.2, 0) is 9.53 Å². The smallest absolute Gasteiger partial charge is 0.252 e. The topological polar surface area (TPSA) is 38.3 Å². The predicted octanol–water partition coefficient (Wildman–Crippen LogP) is 1.30. The van der Waals surface area contributed by atoms with E-state index in [0.29, 0.717) is 12.5 Å². The largest absolute Gasteiger partial charge is 0.365 e. The highest BCUT2D eigenvalue weighted by atomic mass is 35.5. The van der Waals surface area contributed by atoms with Gasteiger partial charge in [-0.15, -0.1) is 11.6 Å². The number of amides is 1. The first kappa shape index (κ1) is 10.8. The maximum absolute atomic E-state index is 11.6. The Kier molecular flexibility index (Phi) is 3.56. The Morgan fingerprint density at radius 2 is 2.46 bits per heavy atom. The molecule has 0 aromatic rings. The van der Waals surface area contributed by atoms with Gasteiger partial charge in [0.05, 0.1) is 0 Å². The predicted molar refractivity (Wildman–Crippen MR) is 51.9 cm³/mol. The molecular formula is C9H16ClNO2. The number of carbonyl (C=O) groups excluding carboxylic acids is 1. The van der Waals surface area contributed by atoms with Crippen LogP contribution in [-0.4, -0.2) is 30.0 Å². The molecule has 2 unspecified atom stereocenters. The third-order valence-corrected chi connectivity index (χ3v) is 2.77. The van der Waals surface area contributed by atoms with Gasteiger partial charge in [0.25, 0.3) is 5.91 Å². The van der Waals surface area contributed by atoms with Gasteiger partial charge in [-0.1, -0.05) is 0 Å². The van der Waals surface area contributed by atoms with Crippen molar-refractivity contribution in [2.24, 2.45) is 0 Å². The summed E-state index contributed by atoms with van der Waals surface area (Å²) in [4.78, 5) is 11.6. The lowest BCUT2D eigenvalue weighted by Gasteiger charge is -2.23. The van der Waals surface area contributed by atoms with E-state index in [2.05, 4.69) is 5.32 Å². The first-order valence-electron chi connectivity index (χ1n) is 4.59. The van der Waals surface area contributed by atoms with Crippen LogP contribution in [0.3, 0.4) is 0 Å². The van der Waals surface area contributed by atoms with E-state index in [9.17, 15) is 4.79 Å². The zero-order valence-electron chi connectivity index (χ0n) is 8.10. The summed E-state index contributed by atoms with van der Waals surface area (Å²) in [5.74, 6) is 0.389. The van der Waals surface area contributed by atoms with Gasteiger partial charge in [0, 0.05) is 18.5 Å². The van der Waals surface area contributed by atoms with Gasteiger partial charge >= 0.3 is 0 Å². The average Bonchev–Trinajstić information content (AvgIpc) is 2.53. The number of carbonyl (C=O) groups is 1. The van der Waals surface area contributed by atoms with Crippen molar-refractivity contribution in [2.75, 3.05) is 12.5 Å². The number of rotatable bonds is 3. The van der Waals surface area contributed by atoms with Crippen LogP contribution in [0.2, 0.25) is 0 Å². The van der Waals surface area contributed by atoms with Gasteiger partial charge in [0.2, 0.25) is 0 Å². The highest BCUT2D eigenvalue weighted by Gasteiger charge is 2.37. The Bertz CT molecular complexity index is 190. The standard InChI is InChI=1S/C9H16ClNO2/c1-7(6-10)11-8(12)9(2)4-3-5-13-9/h7H,3-6H2,1-2H3,(H,11,12). The van der Waals surface area contributed by atoms with Crippen molar-refractivity contribution in [3.8, 4) is 0 Å². The zero-order valence-corrected chi connectivity index (χ0v) is 8.86. The number of hydrogen-bond acceptors (Lipinski definition) is 2. The molecule has 1 aliphatic rings. The lowest BCUT2D eigenvalue weighted by Crippen LogP contribution is -2.47. The Morgan fingerprint density at radius 1 is 1.77 bits per heavy atom. The second kappa shape index (κ2) is 4.29. The summed E-state index contributed by atoms with van der Waals surface area (Å²) in [5, 5.41) is 2.82. The van der Waals surface area contributed by atoms with Crippen LogP contribution in [0, 0.1) is 0 Å². The van der Waals surface area contributed by atoms with Crippen molar-refractivity contribution in [1.82, 2.24) is 5.32 Å². The summed E-state index contributed by atoms with van der Waals surface area (Å²) >= 11 is 5.59. The van der Waals surface area contributed by atoms with Crippen molar-refractivity contribution in [3.63, 3.8) is 0 Å². The molecule has 0 bridgehead atoms. The van der Waals surface area contributed by atoms with Gasteiger partial charge in [0.15, 0.2) is 0 Å². The summed E-state index contributed by atoms with van der Waals surface area (Å²) in [6.07, 6.45) is 1.76. The van der Waals surface area contributed by atoms with Crippen molar-refractivity contribution in [1.29, 1.82) is 0 Å². The molecule has 3 nitrogen and oxygen atoms in total. The van der Waals surface area contributed by atoms with E-state index >= 15 is 0 Å². The van der Waals surface area contributed by atoms with Crippen molar-refractivity contribution < 1.29 is 9.53 Å². The molecule has 0 aliphatic carbocycles. The van der Waals surface area contributed by atoms with E-state index in [1.807, 2.05) is 13.8 Å². The molecule has 1 N–H and O–H groups in total. The fourth-order valence-corrected chi connectivity index (χ4v) is 1.45. The van der Waals surface area contributed by atoms with Crippen LogP contribution in [0.5, 0.6) is 0 Å². The summed E-state index contributed by atoms with van der Waals surface area (Å²) in [6, 6.07) is 0.00944. The molecule has 1 amide bonds. The van der Waals surface area contributed by atoms with Gasteiger partial charge in [-0.25, -0.2) is 0 Å². The quantitative estimate of drug-likeness (QED) is 0.706. The minimum atomic E-state index is -0.625. The van der Waals surface area contributed by atoms with Crippen LogP contribution in [0.25, 0.3) is 0 Å². The highest BCUT2D eigenvalue weighted by Crippen LogP contribution is 2.25. The summed E-state index contributed by atoms with van der Waals surface area (Å²) < 4.78 is 5.39. The van der Waals surface area contributed by atoms with Gasteiger partial charge in [0.1, 0.15) is 5.60 Å². The van der Waals surface area contributed by atoms with Crippen LogP contribution >= 0.6 is 11.6 Å². The zero-order chi connectivity index (χ0) is 9.90. The number of hydrogen-bond donors (Lipinski definition) is 1. The Morgan fingerprint density at radius 3 is 2.92 bits per heavy atom. The molecule has 0 aromatic carbocycles. The average molecular weight is 206 g/mol. The van der Waals surface area contributed by atoms with Gasteiger partial charge in [-0.2, -0.15) is 0 Å². The van der Waals surface area contributed by atoms with Crippen LogP contribution in [0.1, 0.15) is 26.7 Å². The lowest BCUT2D eigenvalue weighted by molar-refractivity contribution is -0.140. The summed E-state index contributed by atoms with van der Waals surface area (Å²) in [6.45, 7) is 4.39. The van der Waals surface area contributed by atoms with Crippen molar-refractivity contribution in [3.05, 3.63) is 0 Å². The number of nitrogens with one attached hydrogen (secondary N) is 1. The lowest BCUT2D eigenvalue weighted by atomic mass is 10.0. The molecule has 1 heterocycles. The fraction of sp³-hybridized carbons (Fsp3) is 0.889. The molecule has 2 atom stereocenters. The Balaban J connectivity index is 2.46. The minimum Gasteiger partial charge on any atom is -0.365 e. The van der Waals surface area contributed by atoms with E-state index in [1.165, 1.54) is 0 Å². The van der Waals surface area contributed by atoms with E-state index in [4.69, 9.17) is 16.3 Å². The number of halogens is 1. The highest BCUT2D eigenvalue weighted by molar-refractivity contribution is 6.18. The van der Waals surface area contributed by atoms with E-state index in [0.717, 1.165) is 12.8 Å². The summed E-state index contributed by atoms with van der Waals surface area (Å²) in [7, 11) is 0. The number of ether oxygens (including phenoxy) is 1. The molecule has 13 heavy (non-hydrogen) atoms. The molecule has 0 saturated carbocycles. The SMILES string of the molecule is CC(CCl)NC(=O)C1(C)CCCO1. The molecule has 1 aliphatic heterocycles. The van der Waals surface area contributed by atoms with Crippen LogP contribution < -0.4 is 5.32 Å². The molecular weight excluding hydrogens is 190 g/mol. The molecule has 0 spiro atoms. The maximum atomic E-state index is 11.6. The third-order valence-electron chi connectivity index (χ3n) is 2.31. The first-order chi connectivity index (χ1) is 6.08. The van der Waals surface area contributed by atoms with E-state index in [-0.39, 0.29) is 11.9 Å². The monoisotopic (exact) mass is 205 g/mol. The Hall–Kier alpha value is -0.280. The van der Waals surface area contributed by atoms with Gasteiger partial charge in [-0.3, -0.25) is 4.79 Å². The Labute approximate surface area is 83.8 Å². The molecule has 1 rings (SSSR count). The third kappa shape index (κ3) is 2.58. The molecule has 4 heteroatoms. The minimum absolute atomic E-state index is 0.00944. The maximum Gasteiger partial charge on any atom is 0.252 e. The van der Waals surface area contributed by atoms with Crippen LogP contribution in [0.4, 0.5) is 0 Å². The molecule has 0 aromatic heterocycles. The normalized spacial score (nSPS) is 30.1. The van der Waals surface area contributed by atoms with Crippen molar-refractivity contribution >= 4 is 17.5 Å². The fourth-order valence-electron chi connectivity index (χ4n) is 1.37. The summed E-state index contributed by atoms with van der Waals surface area (Å²) in [5.41, 5.74) is -0.625. The van der Waals surface area contributed by atoms with Crippen LogP contribution in [0.15, 0.2) is 0 Å². The molecule has 76 valence electrons. The first-order valence-corrected chi connectivity index (χ1v) is 5.13. The second-order valence-corrected chi connectivity index (χ2v) is 4.02. The second-order valence-electron chi connectivity index (χ2n) is 3.71. The molecule has 1 fully saturated rings. The molecule has 0 radical (unpaired) electrons. The van der Waals surface area contributed by atoms with Gasteiger partial charge < -0.3 is 10.1 Å². The van der Waals surface area contributed by atoms with E-state index < -0.39 is 5.60 Å². The van der Waals surface area contributed by atoms with Crippen molar-refractivity contribution in [2.45, 2.75) is 38.3 Å². The number of alkyl halides is 1. The van der Waals surface area contributed by atoms with Gasteiger partial charge in [-0.05, 0) is 26.7 Å². The van der Waals surface area contributed by atoms with E-state index in [1.54, 1.807) is 0 Å².